The van der Waals surface area contributed by atoms with Gasteiger partial charge in [0.25, 0.3) is 0 Å². The zero-order chi connectivity index (χ0) is 17.6. The first-order valence-electron chi connectivity index (χ1n) is 4.09. The molecule has 16 heteroatoms. The Hall–Kier alpha value is -0.670. The zero-order valence-corrected chi connectivity index (χ0v) is 9.42. The molecular formula is C5F14OS. The van der Waals surface area contributed by atoms with E-state index in [1.54, 1.807) is 0 Å². The second-order valence-electron chi connectivity index (χ2n) is 3.87. The first-order valence-corrected chi connectivity index (χ1v) is 5.97. The van der Waals surface area contributed by atoms with Crippen molar-refractivity contribution in [3.05, 3.63) is 0 Å². The average Bonchev–Trinajstić information content (AvgIpc) is 2.13. The van der Waals surface area contributed by atoms with Gasteiger partial charge in [-0.2, -0.15) is 43.7 Å². The predicted molar refractivity (Wildman–Crippen MR) is 37.8 cm³/mol. The summed E-state index contributed by atoms with van der Waals surface area (Å²) in [6.07, 6.45) is 0. The lowest BCUT2D eigenvalue weighted by molar-refractivity contribution is -0.332. The second kappa shape index (κ2) is 3.16. The highest BCUT2D eigenvalue weighted by molar-refractivity contribution is 8.42. The Morgan fingerprint density at radius 3 is 0.905 bits per heavy atom. The third kappa shape index (κ3) is 2.12. The first-order chi connectivity index (χ1) is 8.43. The van der Waals surface area contributed by atoms with Gasteiger partial charge in [-0.15, -0.1) is 0 Å². The van der Waals surface area contributed by atoms with Crippen molar-refractivity contribution in [3.63, 3.8) is 0 Å². The molecule has 0 spiro atoms. The van der Waals surface area contributed by atoms with Crippen LogP contribution in [0.3, 0.4) is 0 Å². The Morgan fingerprint density at radius 2 is 0.714 bits per heavy atom. The summed E-state index contributed by atoms with van der Waals surface area (Å²) in [5, 5.41) is 0. The van der Waals surface area contributed by atoms with Gasteiger partial charge < -0.3 is 0 Å². The van der Waals surface area contributed by atoms with E-state index in [0.717, 1.165) is 4.18 Å². The van der Waals surface area contributed by atoms with Crippen molar-refractivity contribution in [3.8, 4) is 0 Å². The van der Waals surface area contributed by atoms with Crippen LogP contribution in [-0.2, 0) is 4.18 Å². The molecule has 0 heterocycles. The zero-order valence-electron chi connectivity index (χ0n) is 8.61. The van der Waals surface area contributed by atoms with Gasteiger partial charge >= 0.3 is 40.0 Å². The third-order valence-corrected chi connectivity index (χ3v) is 2.81. The highest BCUT2D eigenvalue weighted by atomic mass is 32.5. The Bertz CT molecular complexity index is 447. The van der Waals surface area contributed by atoms with Crippen LogP contribution < -0.4 is 0 Å². The first kappa shape index (κ1) is 18.4. The topological polar surface area (TPSA) is 9.23 Å². The molecule has 1 fully saturated rings. The summed E-state index contributed by atoms with van der Waals surface area (Å²) < 4.78 is 172. The van der Waals surface area contributed by atoms with Crippen molar-refractivity contribution >= 4 is 10.5 Å². The van der Waals surface area contributed by atoms with E-state index in [9.17, 15) is 58.9 Å². The normalized spacial score (nSPS) is 32.3. The molecule has 0 amide bonds. The van der Waals surface area contributed by atoms with Gasteiger partial charge in [-0.1, -0.05) is 19.4 Å². The molecular weight excluding hydrogens is 374 g/mol. The van der Waals surface area contributed by atoms with E-state index >= 15 is 0 Å². The molecule has 1 aliphatic rings. The third-order valence-electron chi connectivity index (χ3n) is 2.26. The van der Waals surface area contributed by atoms with E-state index in [4.69, 9.17) is 0 Å². The monoisotopic (exact) mass is 374 g/mol. The van der Waals surface area contributed by atoms with Crippen molar-refractivity contribution in [2.75, 3.05) is 0 Å². The van der Waals surface area contributed by atoms with Gasteiger partial charge in [-0.3, -0.25) is 0 Å². The number of hydrogen-bond acceptors (Lipinski definition) is 1. The second-order valence-corrected chi connectivity index (χ2v) is 5.84. The van der Waals surface area contributed by atoms with Gasteiger partial charge in [0.2, 0.25) is 0 Å². The summed E-state index contributed by atoms with van der Waals surface area (Å²) >= 11 is 0. The van der Waals surface area contributed by atoms with Gasteiger partial charge in [0.05, 0.1) is 0 Å². The van der Waals surface area contributed by atoms with Gasteiger partial charge in [-0.05, 0) is 0 Å². The molecule has 0 N–H and O–H groups in total. The maximum atomic E-state index is 13.0. The quantitative estimate of drug-likeness (QED) is 0.586. The van der Waals surface area contributed by atoms with E-state index in [-0.39, 0.29) is 0 Å². The van der Waals surface area contributed by atoms with Crippen LogP contribution >= 0.6 is 10.5 Å². The molecule has 0 aromatic carbocycles. The molecule has 1 rings (SSSR count). The lowest BCUT2D eigenvalue weighted by Gasteiger charge is -2.44. The number of rotatable bonds is 2. The molecule has 0 bridgehead atoms. The number of hydrogen-bond donors (Lipinski definition) is 0. The fourth-order valence-electron chi connectivity index (χ4n) is 1.32. The summed E-state index contributed by atoms with van der Waals surface area (Å²) in [6, 6.07) is 0. The molecule has 0 atom stereocenters. The van der Waals surface area contributed by atoms with Gasteiger partial charge in [0, 0.05) is 0 Å². The van der Waals surface area contributed by atoms with Crippen LogP contribution in [0.15, 0.2) is 0 Å². The Kier molecular flexibility index (Phi) is 2.77. The van der Waals surface area contributed by atoms with Crippen LogP contribution in [0, 0.1) is 0 Å². The molecule has 0 aliphatic heterocycles. The standard InChI is InChI=1S/C5F14OS/c6-1(7)2(8,9)4(12,13)5(14,3(1,10)11)20-21(15,16,17,18)19. The van der Waals surface area contributed by atoms with Crippen molar-refractivity contribution in [2.24, 2.45) is 0 Å². The average molecular weight is 374 g/mol. The molecule has 1 nitrogen and oxygen atoms in total. The largest absolute Gasteiger partial charge is 0.400 e. The van der Waals surface area contributed by atoms with E-state index in [1.807, 2.05) is 0 Å². The lowest BCUT2D eigenvalue weighted by atomic mass is 10.1. The number of alkyl halides is 9. The van der Waals surface area contributed by atoms with Crippen molar-refractivity contribution in [1.82, 2.24) is 0 Å². The molecule has 0 radical (unpaired) electrons. The Balaban J connectivity index is 3.70. The van der Waals surface area contributed by atoms with Crippen molar-refractivity contribution < 1.29 is 63.1 Å². The molecule has 1 aliphatic carbocycles. The van der Waals surface area contributed by atoms with Gasteiger partial charge in [0.1, 0.15) is 0 Å². The molecule has 130 valence electrons. The van der Waals surface area contributed by atoms with Gasteiger partial charge in [0.15, 0.2) is 0 Å². The minimum Gasteiger partial charge on any atom is -0.196 e. The summed E-state index contributed by atoms with van der Waals surface area (Å²) in [5.41, 5.74) is 0. The van der Waals surface area contributed by atoms with Crippen LogP contribution in [0.25, 0.3) is 0 Å². The fraction of sp³-hybridized carbons (Fsp3) is 1.00. The lowest BCUT2D eigenvalue weighted by Crippen LogP contribution is -2.57. The summed E-state index contributed by atoms with van der Waals surface area (Å²) in [4.78, 5) is 0. The molecule has 21 heavy (non-hydrogen) atoms. The van der Waals surface area contributed by atoms with Gasteiger partial charge in [-0.25, -0.2) is 0 Å². The Labute approximate surface area is 104 Å². The minimum atomic E-state index is -12.0. The predicted octanol–water partition coefficient (Wildman–Crippen LogP) is 5.44. The molecule has 0 aromatic rings. The maximum absolute atomic E-state index is 13.0. The summed E-state index contributed by atoms with van der Waals surface area (Å²) in [7, 11) is -12.0. The van der Waals surface area contributed by atoms with Crippen molar-refractivity contribution in [2.45, 2.75) is 29.5 Å². The van der Waals surface area contributed by atoms with E-state index in [0.29, 0.717) is 0 Å². The summed E-state index contributed by atoms with van der Waals surface area (Å²) in [6.45, 7) is 0. The maximum Gasteiger partial charge on any atom is 0.400 e. The van der Waals surface area contributed by atoms with Crippen LogP contribution in [-0.4, -0.2) is 29.5 Å². The van der Waals surface area contributed by atoms with E-state index < -0.39 is 40.0 Å². The fourth-order valence-corrected chi connectivity index (χ4v) is 1.96. The number of halogens is 14. The van der Waals surface area contributed by atoms with E-state index in [1.165, 1.54) is 0 Å². The Morgan fingerprint density at radius 1 is 0.476 bits per heavy atom. The SMILES string of the molecule is FC1(F)C(F)(F)C(F)(F)C(F)(OS(F)(F)(F)(F)F)C1(F)F. The van der Waals surface area contributed by atoms with E-state index in [2.05, 4.69) is 0 Å². The summed E-state index contributed by atoms with van der Waals surface area (Å²) in [5.74, 6) is -37.9. The van der Waals surface area contributed by atoms with Crippen molar-refractivity contribution in [1.29, 1.82) is 0 Å². The highest BCUT2D eigenvalue weighted by Gasteiger charge is 3.04. The smallest absolute Gasteiger partial charge is 0.196 e. The van der Waals surface area contributed by atoms with Crippen LogP contribution in [0.4, 0.5) is 58.9 Å². The molecule has 0 saturated heterocycles. The molecule has 0 unspecified atom stereocenters. The highest BCUT2D eigenvalue weighted by Crippen LogP contribution is 3.00. The minimum absolute atomic E-state index is 0.721. The van der Waals surface area contributed by atoms with Crippen LogP contribution in [0.5, 0.6) is 0 Å². The van der Waals surface area contributed by atoms with Crippen LogP contribution in [0.2, 0.25) is 0 Å². The van der Waals surface area contributed by atoms with Crippen LogP contribution in [0.1, 0.15) is 0 Å². The molecule has 1 saturated carbocycles. The molecule has 0 aromatic heterocycles.